The molecule has 0 aromatic carbocycles. The lowest BCUT2D eigenvalue weighted by atomic mass is 9.93. The third kappa shape index (κ3) is 5.91. The molecule has 0 atom stereocenters. The minimum absolute atomic E-state index is 0.233. The summed E-state index contributed by atoms with van der Waals surface area (Å²) in [6.45, 7) is 7.05. The van der Waals surface area contributed by atoms with Crippen LogP contribution < -0.4 is 0 Å². The number of rotatable bonds is 4. The van der Waals surface area contributed by atoms with Crippen molar-refractivity contribution >= 4 is 18.2 Å². The zero-order chi connectivity index (χ0) is 19.3. The van der Waals surface area contributed by atoms with Crippen LogP contribution in [0, 0.1) is 5.92 Å². The zero-order valence-electron chi connectivity index (χ0n) is 16.1. The zero-order valence-corrected chi connectivity index (χ0v) is 16.1. The summed E-state index contributed by atoms with van der Waals surface area (Å²) in [6, 6.07) is 3.84. The lowest BCUT2D eigenvalue weighted by molar-refractivity contribution is 0.0183. The second kappa shape index (κ2) is 8.33. The van der Waals surface area contributed by atoms with Gasteiger partial charge in [-0.05, 0) is 57.2 Å². The van der Waals surface area contributed by atoms with E-state index in [-0.39, 0.29) is 6.09 Å². The Morgan fingerprint density at radius 2 is 2.11 bits per heavy atom. The van der Waals surface area contributed by atoms with Gasteiger partial charge in [0, 0.05) is 38.0 Å². The Labute approximate surface area is 159 Å². The summed E-state index contributed by atoms with van der Waals surface area (Å²) >= 11 is 0. The van der Waals surface area contributed by atoms with Gasteiger partial charge in [0.1, 0.15) is 5.60 Å². The number of aromatic nitrogens is 3. The van der Waals surface area contributed by atoms with Crippen LogP contribution in [0.3, 0.4) is 0 Å². The van der Waals surface area contributed by atoms with Gasteiger partial charge in [0.15, 0.2) is 5.82 Å². The van der Waals surface area contributed by atoms with Crippen molar-refractivity contribution in [1.29, 1.82) is 0 Å². The molecule has 3 rings (SSSR count). The predicted octanol–water partition coefficient (Wildman–Crippen LogP) is 3.82. The van der Waals surface area contributed by atoms with E-state index in [1.807, 2.05) is 39.0 Å². The van der Waals surface area contributed by atoms with Crippen LogP contribution in [-0.4, -0.2) is 44.8 Å². The van der Waals surface area contributed by atoms with Gasteiger partial charge in [-0.1, -0.05) is 11.2 Å². The molecule has 0 spiro atoms. The van der Waals surface area contributed by atoms with Gasteiger partial charge >= 0.3 is 6.09 Å². The van der Waals surface area contributed by atoms with E-state index in [1.54, 1.807) is 23.4 Å². The Bertz CT molecular complexity index is 772. The van der Waals surface area contributed by atoms with Crippen LogP contribution in [0.25, 0.3) is 12.2 Å². The van der Waals surface area contributed by atoms with Gasteiger partial charge < -0.3 is 14.2 Å². The van der Waals surface area contributed by atoms with E-state index < -0.39 is 5.60 Å². The molecule has 0 saturated carbocycles. The molecule has 1 saturated heterocycles. The topological polar surface area (TPSA) is 81.4 Å². The fourth-order valence-electron chi connectivity index (χ4n) is 2.96. The Hall–Kier alpha value is -2.70. The highest BCUT2D eigenvalue weighted by Crippen LogP contribution is 2.22. The average molecular weight is 370 g/mol. The van der Waals surface area contributed by atoms with Crippen LogP contribution in [0.1, 0.15) is 50.9 Å². The van der Waals surface area contributed by atoms with Crippen molar-refractivity contribution in [3.63, 3.8) is 0 Å². The largest absolute Gasteiger partial charge is 0.444 e. The molecule has 27 heavy (non-hydrogen) atoms. The van der Waals surface area contributed by atoms with E-state index in [0.29, 0.717) is 30.7 Å². The Balaban J connectivity index is 1.48. The van der Waals surface area contributed by atoms with Crippen LogP contribution >= 0.6 is 0 Å². The first-order valence-corrected chi connectivity index (χ1v) is 9.28. The highest BCUT2D eigenvalue weighted by atomic mass is 16.6. The van der Waals surface area contributed by atoms with Crippen LogP contribution in [0.5, 0.6) is 0 Å². The van der Waals surface area contributed by atoms with Crippen LogP contribution in [-0.2, 0) is 11.2 Å². The molecular weight excluding hydrogens is 344 g/mol. The first-order chi connectivity index (χ1) is 12.9. The molecule has 0 N–H and O–H groups in total. The summed E-state index contributed by atoms with van der Waals surface area (Å²) in [7, 11) is 0. The van der Waals surface area contributed by atoms with E-state index in [2.05, 4.69) is 15.1 Å². The van der Waals surface area contributed by atoms with Crippen molar-refractivity contribution in [3.05, 3.63) is 41.8 Å². The standard InChI is InChI=1S/C20H26N4O3/c1-20(2,3)26-19(25)24-11-8-15(9-12-24)13-17-22-18(27-23-17)7-6-16-5-4-10-21-14-16/h4-7,10,14-15H,8-9,11-13H2,1-3H3/b7-6+. The molecule has 0 unspecified atom stereocenters. The number of pyridine rings is 1. The minimum Gasteiger partial charge on any atom is -0.444 e. The van der Waals surface area contributed by atoms with E-state index in [9.17, 15) is 4.79 Å². The quantitative estimate of drug-likeness (QED) is 0.814. The number of carbonyl (C=O) groups excluding carboxylic acids is 1. The summed E-state index contributed by atoms with van der Waals surface area (Å²) in [5, 5.41) is 4.07. The van der Waals surface area contributed by atoms with Crippen molar-refractivity contribution in [3.8, 4) is 0 Å². The van der Waals surface area contributed by atoms with Crippen molar-refractivity contribution in [1.82, 2.24) is 20.0 Å². The molecule has 1 aliphatic heterocycles. The molecule has 0 aliphatic carbocycles. The Kier molecular flexibility index (Phi) is 5.88. The maximum absolute atomic E-state index is 12.1. The molecule has 7 nitrogen and oxygen atoms in total. The normalized spacial score (nSPS) is 16.0. The van der Waals surface area contributed by atoms with Gasteiger partial charge in [-0.3, -0.25) is 4.98 Å². The van der Waals surface area contributed by atoms with Gasteiger partial charge in [0.2, 0.25) is 0 Å². The third-order valence-corrected chi connectivity index (χ3v) is 4.32. The van der Waals surface area contributed by atoms with Crippen LogP contribution in [0.15, 0.2) is 29.0 Å². The summed E-state index contributed by atoms with van der Waals surface area (Å²) < 4.78 is 10.7. The molecule has 0 radical (unpaired) electrons. The molecule has 3 heterocycles. The van der Waals surface area contributed by atoms with E-state index in [1.165, 1.54) is 0 Å². The highest BCUT2D eigenvalue weighted by molar-refractivity contribution is 5.68. The molecule has 1 aliphatic rings. The molecular formula is C20H26N4O3. The van der Waals surface area contributed by atoms with Gasteiger partial charge in [-0.2, -0.15) is 4.98 Å². The lowest BCUT2D eigenvalue weighted by Gasteiger charge is -2.33. The first kappa shape index (κ1) is 19.1. The average Bonchev–Trinajstić information content (AvgIpc) is 3.07. The van der Waals surface area contributed by atoms with Gasteiger partial charge in [0.05, 0.1) is 0 Å². The van der Waals surface area contributed by atoms with Crippen molar-refractivity contribution in [2.75, 3.05) is 13.1 Å². The summed E-state index contributed by atoms with van der Waals surface area (Å²) in [4.78, 5) is 22.4. The van der Waals surface area contributed by atoms with Crippen molar-refractivity contribution in [2.24, 2.45) is 5.92 Å². The van der Waals surface area contributed by atoms with E-state index in [0.717, 1.165) is 24.8 Å². The number of amides is 1. The first-order valence-electron chi connectivity index (χ1n) is 9.28. The second-order valence-electron chi connectivity index (χ2n) is 7.78. The second-order valence-corrected chi connectivity index (χ2v) is 7.78. The smallest absolute Gasteiger partial charge is 0.410 e. The number of ether oxygens (including phenoxy) is 1. The molecule has 0 bridgehead atoms. The van der Waals surface area contributed by atoms with Crippen molar-refractivity contribution < 1.29 is 14.1 Å². The summed E-state index contributed by atoms with van der Waals surface area (Å²) in [5.41, 5.74) is 0.518. The number of carbonyl (C=O) groups is 1. The van der Waals surface area contributed by atoms with E-state index in [4.69, 9.17) is 9.26 Å². The summed E-state index contributed by atoms with van der Waals surface area (Å²) in [5.74, 6) is 1.63. The summed E-state index contributed by atoms with van der Waals surface area (Å²) in [6.07, 6.45) is 9.53. The van der Waals surface area contributed by atoms with Gasteiger partial charge in [0.25, 0.3) is 5.89 Å². The molecule has 1 fully saturated rings. The van der Waals surface area contributed by atoms with Gasteiger partial charge in [-0.25, -0.2) is 4.79 Å². The lowest BCUT2D eigenvalue weighted by Crippen LogP contribution is -2.42. The van der Waals surface area contributed by atoms with E-state index >= 15 is 0 Å². The fraction of sp³-hybridized carbons (Fsp3) is 0.500. The molecule has 1 amide bonds. The number of piperidine rings is 1. The minimum atomic E-state index is -0.460. The molecule has 144 valence electrons. The molecule has 2 aromatic rings. The monoisotopic (exact) mass is 370 g/mol. The Morgan fingerprint density at radius 3 is 2.78 bits per heavy atom. The number of likely N-dealkylation sites (tertiary alicyclic amines) is 1. The SMILES string of the molecule is CC(C)(C)OC(=O)N1CCC(Cc2noc(/C=C/c3cccnc3)n2)CC1. The third-order valence-electron chi connectivity index (χ3n) is 4.32. The maximum Gasteiger partial charge on any atom is 0.410 e. The highest BCUT2D eigenvalue weighted by Gasteiger charge is 2.27. The molecule has 2 aromatic heterocycles. The number of nitrogens with zero attached hydrogens (tertiary/aromatic N) is 4. The van der Waals surface area contributed by atoms with Crippen LogP contribution in [0.4, 0.5) is 4.79 Å². The number of hydrogen-bond donors (Lipinski definition) is 0. The van der Waals surface area contributed by atoms with Crippen LogP contribution in [0.2, 0.25) is 0 Å². The molecule has 7 heteroatoms. The Morgan fingerprint density at radius 1 is 1.33 bits per heavy atom. The van der Waals surface area contributed by atoms with Crippen molar-refractivity contribution in [2.45, 2.75) is 45.6 Å². The number of hydrogen-bond acceptors (Lipinski definition) is 6. The van der Waals surface area contributed by atoms with Gasteiger partial charge in [-0.15, -0.1) is 0 Å². The fourth-order valence-corrected chi connectivity index (χ4v) is 2.96. The maximum atomic E-state index is 12.1. The predicted molar refractivity (Wildman–Crippen MR) is 102 cm³/mol.